The zero-order valence-corrected chi connectivity index (χ0v) is 12.2. The molecule has 1 fully saturated rings. The third kappa shape index (κ3) is 3.13. The van der Waals surface area contributed by atoms with Crippen LogP contribution in [0.1, 0.15) is 17.3 Å². The highest BCUT2D eigenvalue weighted by Crippen LogP contribution is 2.22. The largest absolute Gasteiger partial charge is 0.373 e. The second-order valence-corrected chi connectivity index (χ2v) is 5.47. The first kappa shape index (κ1) is 14.4. The molecule has 104 valence electrons. The van der Waals surface area contributed by atoms with Gasteiger partial charge in [0.25, 0.3) is 5.91 Å². The number of nitrogens with two attached hydrogens (primary N) is 1. The average Bonchev–Trinajstić information content (AvgIpc) is 2.38. The summed E-state index contributed by atoms with van der Waals surface area (Å²) in [5, 5.41) is 0. The van der Waals surface area contributed by atoms with E-state index in [1.807, 2.05) is 6.92 Å². The fourth-order valence-corrected chi connectivity index (χ4v) is 2.55. The van der Waals surface area contributed by atoms with Crippen molar-refractivity contribution in [2.24, 2.45) is 5.73 Å². The van der Waals surface area contributed by atoms with Crippen LogP contribution in [0.4, 0.5) is 4.39 Å². The van der Waals surface area contributed by atoms with E-state index < -0.39 is 5.82 Å². The van der Waals surface area contributed by atoms with Gasteiger partial charge in [0, 0.05) is 23.6 Å². The van der Waals surface area contributed by atoms with Gasteiger partial charge in [-0.05, 0) is 35.0 Å². The predicted octanol–water partition coefficient (Wildman–Crippen LogP) is 1.78. The van der Waals surface area contributed by atoms with Gasteiger partial charge < -0.3 is 15.4 Å². The Hall–Kier alpha value is -0.980. The maximum Gasteiger partial charge on any atom is 0.258 e. The van der Waals surface area contributed by atoms with Crippen LogP contribution >= 0.6 is 15.9 Å². The summed E-state index contributed by atoms with van der Waals surface area (Å²) in [4.78, 5) is 14.0. The van der Waals surface area contributed by atoms with Crippen LogP contribution in [0.5, 0.6) is 0 Å². The van der Waals surface area contributed by atoms with E-state index in [9.17, 15) is 9.18 Å². The molecule has 0 aromatic heterocycles. The SMILES string of the molecule is CC(N)C1CN(C(=O)c2c(F)cccc2Br)CCO1. The monoisotopic (exact) mass is 330 g/mol. The van der Waals surface area contributed by atoms with Crippen molar-refractivity contribution in [1.29, 1.82) is 0 Å². The fourth-order valence-electron chi connectivity index (χ4n) is 2.04. The van der Waals surface area contributed by atoms with Crippen LogP contribution in [0.3, 0.4) is 0 Å². The minimum atomic E-state index is -0.525. The topological polar surface area (TPSA) is 55.6 Å². The number of hydrogen-bond acceptors (Lipinski definition) is 3. The van der Waals surface area contributed by atoms with Crippen LogP contribution in [0, 0.1) is 5.82 Å². The number of rotatable bonds is 2. The third-order valence-electron chi connectivity index (χ3n) is 3.14. The minimum Gasteiger partial charge on any atom is -0.373 e. The normalized spacial score (nSPS) is 21.3. The highest BCUT2D eigenvalue weighted by atomic mass is 79.9. The van der Waals surface area contributed by atoms with Crippen LogP contribution in [-0.2, 0) is 4.74 Å². The Balaban J connectivity index is 2.20. The maximum atomic E-state index is 13.8. The number of ether oxygens (including phenoxy) is 1. The lowest BCUT2D eigenvalue weighted by atomic mass is 10.1. The van der Waals surface area contributed by atoms with Crippen molar-refractivity contribution >= 4 is 21.8 Å². The maximum absolute atomic E-state index is 13.8. The zero-order valence-electron chi connectivity index (χ0n) is 10.6. The second-order valence-electron chi connectivity index (χ2n) is 4.62. The van der Waals surface area contributed by atoms with Crippen molar-refractivity contribution in [3.8, 4) is 0 Å². The molecular weight excluding hydrogens is 315 g/mol. The molecular formula is C13H16BrFN2O2. The molecule has 0 bridgehead atoms. The van der Waals surface area contributed by atoms with E-state index in [4.69, 9.17) is 10.5 Å². The molecule has 0 spiro atoms. The van der Waals surface area contributed by atoms with Gasteiger partial charge in [0.2, 0.25) is 0 Å². The van der Waals surface area contributed by atoms with Crippen molar-refractivity contribution in [3.63, 3.8) is 0 Å². The van der Waals surface area contributed by atoms with Crippen molar-refractivity contribution in [2.45, 2.75) is 19.1 Å². The Bertz CT molecular complexity index is 461. The van der Waals surface area contributed by atoms with E-state index >= 15 is 0 Å². The molecule has 2 N–H and O–H groups in total. The fraction of sp³-hybridized carbons (Fsp3) is 0.462. The molecule has 19 heavy (non-hydrogen) atoms. The number of amides is 1. The van der Waals surface area contributed by atoms with Gasteiger partial charge in [-0.2, -0.15) is 0 Å². The van der Waals surface area contributed by atoms with E-state index in [1.165, 1.54) is 6.07 Å². The van der Waals surface area contributed by atoms with Gasteiger partial charge >= 0.3 is 0 Å². The van der Waals surface area contributed by atoms with Crippen LogP contribution in [0.25, 0.3) is 0 Å². The summed E-state index contributed by atoms with van der Waals surface area (Å²) in [6.07, 6.45) is -0.205. The van der Waals surface area contributed by atoms with Gasteiger partial charge in [0.1, 0.15) is 5.82 Å². The standard InChI is InChI=1S/C13H16BrFN2O2/c1-8(16)11-7-17(5-6-19-11)13(18)12-9(14)3-2-4-10(12)15/h2-4,8,11H,5-7,16H2,1H3. The number of benzene rings is 1. The molecule has 1 aromatic rings. The first-order valence-corrected chi connectivity index (χ1v) is 6.90. The first-order chi connectivity index (χ1) is 9.00. The molecule has 2 rings (SSSR count). The van der Waals surface area contributed by atoms with Gasteiger partial charge in [0.15, 0.2) is 0 Å². The Morgan fingerprint density at radius 2 is 2.37 bits per heavy atom. The summed E-state index contributed by atoms with van der Waals surface area (Å²) in [5.41, 5.74) is 5.84. The molecule has 0 radical (unpaired) electrons. The number of carbonyl (C=O) groups excluding carboxylic acids is 1. The Kier molecular flexibility index (Phi) is 4.54. The van der Waals surface area contributed by atoms with Crippen molar-refractivity contribution in [3.05, 3.63) is 34.1 Å². The Morgan fingerprint density at radius 1 is 1.63 bits per heavy atom. The molecule has 1 heterocycles. The van der Waals surface area contributed by atoms with E-state index in [1.54, 1.807) is 17.0 Å². The van der Waals surface area contributed by atoms with E-state index in [0.717, 1.165) is 0 Å². The summed E-state index contributed by atoms with van der Waals surface area (Å²) < 4.78 is 19.7. The molecule has 4 nitrogen and oxygen atoms in total. The summed E-state index contributed by atoms with van der Waals surface area (Å²) in [6.45, 7) is 3.09. The molecule has 1 aliphatic rings. The highest BCUT2D eigenvalue weighted by molar-refractivity contribution is 9.10. The van der Waals surface area contributed by atoms with Crippen molar-refractivity contribution in [1.82, 2.24) is 4.90 Å². The number of hydrogen-bond donors (Lipinski definition) is 1. The summed E-state index contributed by atoms with van der Waals surface area (Å²) in [7, 11) is 0. The lowest BCUT2D eigenvalue weighted by molar-refractivity contribution is -0.0301. The first-order valence-electron chi connectivity index (χ1n) is 6.11. The third-order valence-corrected chi connectivity index (χ3v) is 3.80. The highest BCUT2D eigenvalue weighted by Gasteiger charge is 2.29. The quantitative estimate of drug-likeness (QED) is 0.899. The molecule has 6 heteroatoms. The average molecular weight is 331 g/mol. The molecule has 1 amide bonds. The number of carbonyl (C=O) groups is 1. The molecule has 1 saturated heterocycles. The van der Waals surface area contributed by atoms with Gasteiger partial charge in [-0.15, -0.1) is 0 Å². The Morgan fingerprint density at radius 3 is 3.00 bits per heavy atom. The van der Waals surface area contributed by atoms with E-state index in [0.29, 0.717) is 24.2 Å². The summed E-state index contributed by atoms with van der Waals surface area (Å²) >= 11 is 3.21. The molecule has 2 unspecified atom stereocenters. The van der Waals surface area contributed by atoms with Gasteiger partial charge in [-0.25, -0.2) is 4.39 Å². The molecule has 2 atom stereocenters. The van der Waals surface area contributed by atoms with Crippen LogP contribution in [0.2, 0.25) is 0 Å². The summed E-state index contributed by atoms with van der Waals surface area (Å²) in [6, 6.07) is 4.32. The molecule has 0 aliphatic carbocycles. The molecule has 0 saturated carbocycles. The minimum absolute atomic E-state index is 0.0628. The number of halogens is 2. The zero-order chi connectivity index (χ0) is 14.0. The predicted molar refractivity (Wildman–Crippen MR) is 73.4 cm³/mol. The lowest BCUT2D eigenvalue weighted by Crippen LogP contribution is -2.51. The molecule has 1 aromatic carbocycles. The van der Waals surface area contributed by atoms with Crippen molar-refractivity contribution in [2.75, 3.05) is 19.7 Å². The smallest absolute Gasteiger partial charge is 0.258 e. The van der Waals surface area contributed by atoms with E-state index in [-0.39, 0.29) is 23.6 Å². The van der Waals surface area contributed by atoms with Gasteiger partial charge in [0.05, 0.1) is 18.3 Å². The lowest BCUT2D eigenvalue weighted by Gasteiger charge is -2.35. The van der Waals surface area contributed by atoms with Gasteiger partial charge in [-0.3, -0.25) is 4.79 Å². The van der Waals surface area contributed by atoms with Crippen molar-refractivity contribution < 1.29 is 13.9 Å². The van der Waals surface area contributed by atoms with Crippen LogP contribution < -0.4 is 5.73 Å². The second kappa shape index (κ2) is 5.98. The number of nitrogens with zero attached hydrogens (tertiary/aromatic N) is 1. The number of morpholine rings is 1. The summed E-state index contributed by atoms with van der Waals surface area (Å²) in [5.74, 6) is -0.859. The van der Waals surface area contributed by atoms with E-state index in [2.05, 4.69) is 15.9 Å². The van der Waals surface area contributed by atoms with Gasteiger partial charge in [-0.1, -0.05) is 6.07 Å². The van der Waals surface area contributed by atoms with Crippen LogP contribution in [-0.4, -0.2) is 42.6 Å². The Labute approximate surface area is 119 Å². The molecule has 1 aliphatic heterocycles. The van der Waals surface area contributed by atoms with Crippen LogP contribution in [0.15, 0.2) is 22.7 Å².